The van der Waals surface area contributed by atoms with Gasteiger partial charge in [0.25, 0.3) is 5.91 Å². The van der Waals surface area contributed by atoms with E-state index in [1.54, 1.807) is 16.7 Å². The van der Waals surface area contributed by atoms with Crippen LogP contribution in [0.2, 0.25) is 5.02 Å². The van der Waals surface area contributed by atoms with E-state index in [4.69, 9.17) is 16.6 Å². The van der Waals surface area contributed by atoms with Gasteiger partial charge in [-0.3, -0.25) is 9.69 Å². The van der Waals surface area contributed by atoms with E-state index in [0.717, 1.165) is 38.1 Å². The molecule has 2 aliphatic heterocycles. The van der Waals surface area contributed by atoms with Gasteiger partial charge in [0.05, 0.1) is 22.1 Å². The molecule has 0 N–H and O–H groups in total. The van der Waals surface area contributed by atoms with E-state index in [0.29, 0.717) is 15.1 Å². The number of nitrogens with zero attached hydrogens (tertiary/aromatic N) is 3. The third-order valence-electron chi connectivity index (χ3n) is 5.60. The quantitative estimate of drug-likeness (QED) is 0.349. The number of thioether (sulfide) groups is 2. The fourth-order valence-corrected chi connectivity index (χ4v) is 6.41. The summed E-state index contributed by atoms with van der Waals surface area (Å²) in [5, 5.41) is 2.23. The minimum atomic E-state index is -0.0673. The number of halogens is 1. The smallest absolute Gasteiger partial charge is 0.274 e. The summed E-state index contributed by atoms with van der Waals surface area (Å²) in [7, 11) is 1.97. The SMILES string of the molecule is Cc1cccc(N2C(=O)/C(=C3/Sc4ccc(Cl)cc4N3C)SC2=Nc2ccc(C)cc2C)c1. The Kier molecular flexibility index (Phi) is 5.77. The maximum atomic E-state index is 13.8. The van der Waals surface area contributed by atoms with Crippen LogP contribution in [0.3, 0.4) is 0 Å². The molecule has 4 nitrogen and oxygen atoms in total. The Balaban J connectivity index is 1.63. The number of amides is 1. The zero-order valence-corrected chi connectivity index (χ0v) is 21.1. The van der Waals surface area contributed by atoms with Crippen LogP contribution in [0.4, 0.5) is 17.1 Å². The number of carbonyl (C=O) groups excluding carboxylic acids is 1. The van der Waals surface area contributed by atoms with Crippen molar-refractivity contribution in [1.29, 1.82) is 0 Å². The predicted octanol–water partition coefficient (Wildman–Crippen LogP) is 7.44. The van der Waals surface area contributed by atoms with Crippen molar-refractivity contribution >= 4 is 63.3 Å². The maximum absolute atomic E-state index is 13.8. The molecule has 3 aromatic rings. The average molecular weight is 492 g/mol. The molecule has 0 bridgehead atoms. The van der Waals surface area contributed by atoms with Gasteiger partial charge in [0.15, 0.2) is 5.17 Å². The van der Waals surface area contributed by atoms with Crippen molar-refractivity contribution in [1.82, 2.24) is 0 Å². The summed E-state index contributed by atoms with van der Waals surface area (Å²) in [4.78, 5) is 24.3. The maximum Gasteiger partial charge on any atom is 0.274 e. The monoisotopic (exact) mass is 491 g/mol. The summed E-state index contributed by atoms with van der Waals surface area (Å²) in [6.07, 6.45) is 0. The number of hydrogen-bond acceptors (Lipinski definition) is 5. The average Bonchev–Trinajstić information content (AvgIpc) is 3.26. The van der Waals surface area contributed by atoms with E-state index in [9.17, 15) is 4.79 Å². The molecule has 1 amide bonds. The molecule has 166 valence electrons. The van der Waals surface area contributed by atoms with Crippen molar-refractivity contribution in [3.8, 4) is 0 Å². The van der Waals surface area contributed by atoms with E-state index in [1.165, 1.54) is 17.3 Å². The number of rotatable bonds is 2. The van der Waals surface area contributed by atoms with Gasteiger partial charge in [-0.05, 0) is 80.1 Å². The minimum Gasteiger partial charge on any atom is -0.337 e. The predicted molar refractivity (Wildman–Crippen MR) is 142 cm³/mol. The second-order valence-corrected chi connectivity index (χ2v) is 10.6. The van der Waals surface area contributed by atoms with Gasteiger partial charge < -0.3 is 4.90 Å². The molecule has 0 radical (unpaired) electrons. The molecule has 3 aromatic carbocycles. The zero-order valence-electron chi connectivity index (χ0n) is 18.7. The Morgan fingerprint density at radius 2 is 1.70 bits per heavy atom. The lowest BCUT2D eigenvalue weighted by Gasteiger charge is -2.17. The third-order valence-corrected chi connectivity index (χ3v) is 8.23. The highest BCUT2D eigenvalue weighted by Crippen LogP contribution is 2.51. The second-order valence-electron chi connectivity index (χ2n) is 8.17. The highest BCUT2D eigenvalue weighted by atomic mass is 35.5. The molecule has 0 aliphatic carbocycles. The Morgan fingerprint density at radius 1 is 0.909 bits per heavy atom. The van der Waals surface area contributed by atoms with Crippen LogP contribution >= 0.6 is 35.1 Å². The van der Waals surface area contributed by atoms with Crippen molar-refractivity contribution in [2.75, 3.05) is 16.8 Å². The lowest BCUT2D eigenvalue weighted by atomic mass is 10.1. The molecule has 0 spiro atoms. The van der Waals surface area contributed by atoms with Crippen molar-refractivity contribution < 1.29 is 4.79 Å². The number of anilines is 2. The molecule has 0 saturated carbocycles. The molecule has 2 aliphatic rings. The van der Waals surface area contributed by atoms with Gasteiger partial charge in [-0.25, -0.2) is 4.99 Å². The normalized spacial score (nSPS) is 19.1. The van der Waals surface area contributed by atoms with Crippen molar-refractivity contribution in [2.24, 2.45) is 4.99 Å². The molecule has 5 rings (SSSR count). The Labute approximate surface area is 207 Å². The van der Waals surface area contributed by atoms with Crippen molar-refractivity contribution in [3.05, 3.63) is 92.3 Å². The van der Waals surface area contributed by atoms with E-state index >= 15 is 0 Å². The largest absolute Gasteiger partial charge is 0.337 e. The lowest BCUT2D eigenvalue weighted by molar-refractivity contribution is -0.113. The molecule has 0 unspecified atom stereocenters. The molecule has 2 heterocycles. The summed E-state index contributed by atoms with van der Waals surface area (Å²) >= 11 is 9.24. The summed E-state index contributed by atoms with van der Waals surface area (Å²) in [5.74, 6) is -0.0673. The van der Waals surface area contributed by atoms with E-state index in [1.807, 2.05) is 80.4 Å². The molecule has 0 atom stereocenters. The highest BCUT2D eigenvalue weighted by Gasteiger charge is 2.40. The van der Waals surface area contributed by atoms with Crippen LogP contribution < -0.4 is 9.80 Å². The molecular weight excluding hydrogens is 470 g/mol. The highest BCUT2D eigenvalue weighted by molar-refractivity contribution is 8.20. The number of fused-ring (bicyclic) bond motifs is 1. The van der Waals surface area contributed by atoms with Crippen LogP contribution in [0.1, 0.15) is 16.7 Å². The van der Waals surface area contributed by atoms with E-state index in [2.05, 4.69) is 13.0 Å². The summed E-state index contributed by atoms with van der Waals surface area (Å²) in [6.45, 7) is 6.14. The summed E-state index contributed by atoms with van der Waals surface area (Å²) < 4.78 is 0. The zero-order chi connectivity index (χ0) is 23.3. The first kappa shape index (κ1) is 22.1. The second kappa shape index (κ2) is 8.60. The van der Waals surface area contributed by atoms with E-state index in [-0.39, 0.29) is 5.91 Å². The molecule has 7 heteroatoms. The van der Waals surface area contributed by atoms with Gasteiger partial charge in [0.1, 0.15) is 4.91 Å². The van der Waals surface area contributed by atoms with Crippen LogP contribution in [0, 0.1) is 20.8 Å². The van der Waals surface area contributed by atoms with Gasteiger partial charge in [-0.15, -0.1) is 0 Å². The fraction of sp³-hybridized carbons (Fsp3) is 0.154. The Hall–Kier alpha value is -2.67. The number of carbonyl (C=O) groups is 1. The standard InChI is InChI=1S/C26H22ClN3OS2/c1-15-6-5-7-19(13-15)30-24(31)23(25-29(4)21-14-18(27)9-11-22(21)32-25)33-26(30)28-20-10-8-16(2)12-17(20)3/h5-14H,1-4H3/b25-23-,28-26?. The lowest BCUT2D eigenvalue weighted by Crippen LogP contribution is -2.29. The molecular formula is C26H22ClN3OS2. The Morgan fingerprint density at radius 3 is 2.45 bits per heavy atom. The fourth-order valence-electron chi connectivity index (χ4n) is 3.93. The number of amidine groups is 1. The third kappa shape index (κ3) is 4.07. The number of benzene rings is 3. The first-order valence-corrected chi connectivity index (χ1v) is 12.5. The first-order valence-electron chi connectivity index (χ1n) is 10.5. The Bertz CT molecular complexity index is 1370. The van der Waals surface area contributed by atoms with Crippen LogP contribution in [-0.4, -0.2) is 18.1 Å². The van der Waals surface area contributed by atoms with Crippen LogP contribution in [0.5, 0.6) is 0 Å². The van der Waals surface area contributed by atoms with Gasteiger partial charge in [0.2, 0.25) is 0 Å². The van der Waals surface area contributed by atoms with Gasteiger partial charge in [-0.2, -0.15) is 0 Å². The van der Waals surface area contributed by atoms with Crippen molar-refractivity contribution in [3.63, 3.8) is 0 Å². The van der Waals surface area contributed by atoms with Crippen LogP contribution in [0.15, 0.2) is 80.5 Å². The van der Waals surface area contributed by atoms with Crippen molar-refractivity contribution in [2.45, 2.75) is 25.7 Å². The van der Waals surface area contributed by atoms with Crippen LogP contribution in [0.25, 0.3) is 0 Å². The summed E-state index contributed by atoms with van der Waals surface area (Å²) in [6, 6.07) is 19.9. The van der Waals surface area contributed by atoms with Gasteiger partial charge >= 0.3 is 0 Å². The molecule has 1 saturated heterocycles. The number of aliphatic imine (C=N–C) groups is 1. The molecule has 33 heavy (non-hydrogen) atoms. The number of hydrogen-bond donors (Lipinski definition) is 0. The number of aryl methyl sites for hydroxylation is 3. The van der Waals surface area contributed by atoms with E-state index < -0.39 is 0 Å². The van der Waals surface area contributed by atoms with Crippen LogP contribution in [-0.2, 0) is 4.79 Å². The molecule has 0 aromatic heterocycles. The van der Waals surface area contributed by atoms with Gasteiger partial charge in [-0.1, -0.05) is 53.2 Å². The molecule has 1 fully saturated rings. The first-order chi connectivity index (χ1) is 15.8. The summed E-state index contributed by atoms with van der Waals surface area (Å²) in [5.41, 5.74) is 6.04. The van der Waals surface area contributed by atoms with Gasteiger partial charge in [0, 0.05) is 17.0 Å². The minimum absolute atomic E-state index is 0.0673. The topological polar surface area (TPSA) is 35.9 Å².